The number of aryl methyl sites for hydroxylation is 1. The molecule has 0 amide bonds. The van der Waals surface area contributed by atoms with Crippen molar-refractivity contribution in [1.82, 2.24) is 9.55 Å². The second kappa shape index (κ2) is 7.90. The van der Waals surface area contributed by atoms with Crippen LogP contribution in [0.1, 0.15) is 11.4 Å². The first kappa shape index (κ1) is 19.1. The van der Waals surface area contributed by atoms with Crippen molar-refractivity contribution >= 4 is 10.9 Å². The van der Waals surface area contributed by atoms with Crippen LogP contribution in [0.25, 0.3) is 22.0 Å². The summed E-state index contributed by atoms with van der Waals surface area (Å²) in [5.41, 5.74) is 8.95. The molecule has 1 unspecified atom stereocenters. The number of nitrogens with two attached hydrogens (primary N) is 1. The highest BCUT2D eigenvalue weighted by Gasteiger charge is 2.16. The van der Waals surface area contributed by atoms with E-state index in [4.69, 9.17) is 10.5 Å². The Morgan fingerprint density at radius 3 is 2.70 bits per heavy atom. The third kappa shape index (κ3) is 3.59. The molecule has 2 aromatic carbocycles. The molecule has 1 atom stereocenters. The molecule has 0 saturated heterocycles. The number of hydrogen-bond donors (Lipinski definition) is 2. The first-order chi connectivity index (χ1) is 13.0. The van der Waals surface area contributed by atoms with Crippen molar-refractivity contribution in [3.05, 3.63) is 58.1 Å². The third-order valence-corrected chi connectivity index (χ3v) is 5.00. The van der Waals surface area contributed by atoms with Gasteiger partial charge in [0, 0.05) is 24.8 Å². The highest BCUT2D eigenvalue weighted by atomic mass is 16.5. The second-order valence-corrected chi connectivity index (χ2v) is 6.75. The number of aliphatic hydroxyl groups is 1. The number of aromatic nitrogens is 2. The lowest BCUT2D eigenvalue weighted by atomic mass is 9.94. The summed E-state index contributed by atoms with van der Waals surface area (Å²) in [6, 6.07) is 11.5. The normalized spacial score (nSPS) is 12.3. The fourth-order valence-corrected chi connectivity index (χ4v) is 3.29. The van der Waals surface area contributed by atoms with Crippen LogP contribution in [0.4, 0.5) is 0 Å². The van der Waals surface area contributed by atoms with Gasteiger partial charge in [0.05, 0.1) is 18.0 Å². The number of hydrogen-bond acceptors (Lipinski definition) is 5. The lowest BCUT2D eigenvalue weighted by Crippen LogP contribution is -2.21. The summed E-state index contributed by atoms with van der Waals surface area (Å²) < 4.78 is 7.11. The van der Waals surface area contributed by atoms with Gasteiger partial charge in [-0.1, -0.05) is 18.2 Å². The van der Waals surface area contributed by atoms with Crippen molar-refractivity contribution in [3.63, 3.8) is 0 Å². The predicted molar refractivity (Wildman–Crippen MR) is 107 cm³/mol. The summed E-state index contributed by atoms with van der Waals surface area (Å²) >= 11 is 0. The van der Waals surface area contributed by atoms with Crippen molar-refractivity contribution in [3.8, 4) is 16.9 Å². The minimum Gasteiger partial charge on any atom is -0.496 e. The van der Waals surface area contributed by atoms with Crippen LogP contribution in [0.2, 0.25) is 0 Å². The highest BCUT2D eigenvalue weighted by Crippen LogP contribution is 2.34. The summed E-state index contributed by atoms with van der Waals surface area (Å²) in [7, 11) is 3.34. The zero-order valence-electron chi connectivity index (χ0n) is 15.9. The number of aliphatic hydroxyl groups excluding tert-OH is 1. The molecule has 0 aliphatic rings. The number of ether oxygens (including phenoxy) is 1. The van der Waals surface area contributed by atoms with Crippen LogP contribution < -0.4 is 16.0 Å². The van der Waals surface area contributed by atoms with Gasteiger partial charge in [-0.3, -0.25) is 9.36 Å². The van der Waals surface area contributed by atoms with Gasteiger partial charge in [-0.15, -0.1) is 0 Å². The molecule has 0 bridgehead atoms. The fraction of sp³-hybridized carbons (Fsp3) is 0.333. The van der Waals surface area contributed by atoms with Crippen LogP contribution in [0.3, 0.4) is 0 Å². The SMILES string of the molecule is COc1ccc(CC(CN)CO)cc1-c1cccc2nc(C)n(C)c(=O)c12. The van der Waals surface area contributed by atoms with Crippen LogP contribution in [-0.2, 0) is 13.5 Å². The molecular weight excluding hydrogens is 342 g/mol. The van der Waals surface area contributed by atoms with E-state index in [1.807, 2.05) is 43.3 Å². The van der Waals surface area contributed by atoms with E-state index in [1.54, 1.807) is 18.7 Å². The Kier molecular flexibility index (Phi) is 5.58. The maximum absolute atomic E-state index is 12.9. The number of rotatable bonds is 6. The molecule has 0 spiro atoms. The Bertz CT molecular complexity index is 1020. The zero-order valence-corrected chi connectivity index (χ0v) is 15.9. The molecular formula is C21H25N3O3. The first-order valence-electron chi connectivity index (χ1n) is 8.94. The summed E-state index contributed by atoms with van der Waals surface area (Å²) in [6.07, 6.45) is 0.657. The van der Waals surface area contributed by atoms with E-state index in [0.717, 1.165) is 16.7 Å². The van der Waals surface area contributed by atoms with Crippen molar-refractivity contribution in [2.45, 2.75) is 13.3 Å². The average Bonchev–Trinajstić information content (AvgIpc) is 2.69. The van der Waals surface area contributed by atoms with Gasteiger partial charge in [0.1, 0.15) is 11.6 Å². The largest absolute Gasteiger partial charge is 0.496 e. The van der Waals surface area contributed by atoms with E-state index in [0.29, 0.717) is 35.4 Å². The van der Waals surface area contributed by atoms with E-state index in [-0.39, 0.29) is 18.1 Å². The quantitative estimate of drug-likeness (QED) is 0.696. The Labute approximate surface area is 158 Å². The second-order valence-electron chi connectivity index (χ2n) is 6.75. The summed E-state index contributed by atoms with van der Waals surface area (Å²) in [4.78, 5) is 17.5. The van der Waals surface area contributed by atoms with Gasteiger partial charge in [-0.2, -0.15) is 0 Å². The van der Waals surface area contributed by atoms with Gasteiger partial charge in [-0.25, -0.2) is 4.98 Å². The van der Waals surface area contributed by atoms with Gasteiger partial charge in [0.15, 0.2) is 0 Å². The Balaban J connectivity index is 2.24. The van der Waals surface area contributed by atoms with Crippen molar-refractivity contribution in [2.75, 3.05) is 20.3 Å². The molecule has 3 N–H and O–H groups in total. The molecule has 1 aromatic heterocycles. The van der Waals surface area contributed by atoms with Crippen LogP contribution in [-0.4, -0.2) is 34.9 Å². The molecule has 3 rings (SSSR count). The highest BCUT2D eigenvalue weighted by molar-refractivity contribution is 5.95. The Morgan fingerprint density at radius 2 is 2.04 bits per heavy atom. The van der Waals surface area contributed by atoms with Gasteiger partial charge in [0.2, 0.25) is 0 Å². The number of fused-ring (bicyclic) bond motifs is 1. The first-order valence-corrected chi connectivity index (χ1v) is 8.94. The van der Waals surface area contributed by atoms with E-state index in [2.05, 4.69) is 4.98 Å². The van der Waals surface area contributed by atoms with Crippen LogP contribution >= 0.6 is 0 Å². The van der Waals surface area contributed by atoms with Gasteiger partial charge in [-0.05, 0) is 49.6 Å². The standard InChI is InChI=1S/C21H25N3O3/c1-13-23-18-6-4-5-16(20(18)21(26)24(13)2)17-10-14(7-8-19(17)27-3)9-15(11-22)12-25/h4-8,10,15,25H,9,11-12,22H2,1-3H3. The van der Waals surface area contributed by atoms with E-state index in [1.165, 1.54) is 0 Å². The summed E-state index contributed by atoms with van der Waals surface area (Å²) in [6.45, 7) is 2.27. The molecule has 1 heterocycles. The van der Waals surface area contributed by atoms with Gasteiger partial charge in [0.25, 0.3) is 5.56 Å². The van der Waals surface area contributed by atoms with Crippen LogP contribution in [0.5, 0.6) is 5.75 Å². The monoisotopic (exact) mass is 367 g/mol. The number of methoxy groups -OCH3 is 1. The minimum atomic E-state index is -0.0873. The molecule has 142 valence electrons. The van der Waals surface area contributed by atoms with E-state index in [9.17, 15) is 9.90 Å². The molecule has 3 aromatic rings. The zero-order chi connectivity index (χ0) is 19.6. The Morgan fingerprint density at radius 1 is 1.26 bits per heavy atom. The molecule has 0 radical (unpaired) electrons. The lowest BCUT2D eigenvalue weighted by Gasteiger charge is -2.16. The van der Waals surface area contributed by atoms with Crippen molar-refractivity contribution < 1.29 is 9.84 Å². The molecule has 27 heavy (non-hydrogen) atoms. The van der Waals surface area contributed by atoms with Gasteiger partial charge >= 0.3 is 0 Å². The molecule has 0 aliphatic carbocycles. The predicted octanol–water partition coefficient (Wildman–Crippen LogP) is 2.03. The minimum absolute atomic E-state index is 0.00375. The molecule has 0 aliphatic heterocycles. The maximum atomic E-state index is 12.9. The van der Waals surface area contributed by atoms with Crippen molar-refractivity contribution in [1.29, 1.82) is 0 Å². The average molecular weight is 367 g/mol. The Hall–Kier alpha value is -2.70. The number of benzene rings is 2. The van der Waals surface area contributed by atoms with Crippen LogP contribution in [0.15, 0.2) is 41.2 Å². The van der Waals surface area contributed by atoms with Gasteiger partial charge < -0.3 is 15.6 Å². The molecule has 0 fully saturated rings. The molecule has 6 nitrogen and oxygen atoms in total. The maximum Gasteiger partial charge on any atom is 0.261 e. The fourth-order valence-electron chi connectivity index (χ4n) is 3.29. The lowest BCUT2D eigenvalue weighted by molar-refractivity contribution is 0.230. The molecule has 6 heteroatoms. The summed E-state index contributed by atoms with van der Waals surface area (Å²) in [5.74, 6) is 1.34. The van der Waals surface area contributed by atoms with Crippen molar-refractivity contribution in [2.24, 2.45) is 18.7 Å². The molecule has 0 saturated carbocycles. The third-order valence-electron chi connectivity index (χ3n) is 5.00. The van der Waals surface area contributed by atoms with Crippen LogP contribution in [0, 0.1) is 12.8 Å². The van der Waals surface area contributed by atoms with E-state index >= 15 is 0 Å². The summed E-state index contributed by atoms with van der Waals surface area (Å²) in [5, 5.41) is 10.0. The number of nitrogens with zero attached hydrogens (tertiary/aromatic N) is 2. The van der Waals surface area contributed by atoms with E-state index < -0.39 is 0 Å². The smallest absolute Gasteiger partial charge is 0.261 e. The topological polar surface area (TPSA) is 90.4 Å².